The van der Waals surface area contributed by atoms with Crippen LogP contribution in [0.25, 0.3) is 0 Å². The predicted molar refractivity (Wildman–Crippen MR) is 80.2 cm³/mol. The van der Waals surface area contributed by atoms with Crippen molar-refractivity contribution in [1.82, 2.24) is 4.90 Å². The van der Waals surface area contributed by atoms with Gasteiger partial charge in [0.15, 0.2) is 0 Å². The molecule has 0 radical (unpaired) electrons. The molecule has 0 aromatic heterocycles. The number of alkyl halides is 2. The fourth-order valence-corrected chi connectivity index (χ4v) is 2.80. The van der Waals surface area contributed by atoms with Crippen molar-refractivity contribution in [3.63, 3.8) is 0 Å². The van der Waals surface area contributed by atoms with Crippen molar-refractivity contribution in [2.24, 2.45) is 0 Å². The van der Waals surface area contributed by atoms with E-state index < -0.39 is 5.67 Å². The van der Waals surface area contributed by atoms with Gasteiger partial charge in [0, 0.05) is 17.5 Å². The van der Waals surface area contributed by atoms with Crippen molar-refractivity contribution in [3.05, 3.63) is 35.9 Å². The molecule has 1 fully saturated rings. The summed E-state index contributed by atoms with van der Waals surface area (Å²) in [7, 11) is 0. The van der Waals surface area contributed by atoms with E-state index >= 15 is 0 Å². The molecule has 0 atom stereocenters. The number of hydrogen-bond acceptors (Lipinski definition) is 2. The summed E-state index contributed by atoms with van der Waals surface area (Å²) >= 11 is 2.06. The van der Waals surface area contributed by atoms with Gasteiger partial charge >= 0.3 is 6.09 Å². The van der Waals surface area contributed by atoms with E-state index in [-0.39, 0.29) is 12.7 Å². The quantitative estimate of drug-likeness (QED) is 0.596. The highest BCUT2D eigenvalue weighted by Crippen LogP contribution is 2.28. The maximum Gasteiger partial charge on any atom is 0.410 e. The number of nitrogens with zero attached hydrogens (tertiary/aromatic N) is 1. The maximum absolute atomic E-state index is 14.0. The first kappa shape index (κ1) is 14.6. The average Bonchev–Trinajstić information content (AvgIpc) is 2.47. The van der Waals surface area contributed by atoms with Gasteiger partial charge in [0.2, 0.25) is 0 Å². The standard InChI is InChI=1S/C14H17FINO2/c15-14(11-16)6-8-17(9-7-14)13(18)19-10-12-4-2-1-3-5-12/h1-5H,6-11H2. The van der Waals surface area contributed by atoms with Crippen molar-refractivity contribution in [2.75, 3.05) is 17.5 Å². The van der Waals surface area contributed by atoms with E-state index in [1.54, 1.807) is 4.90 Å². The Labute approximate surface area is 126 Å². The van der Waals surface area contributed by atoms with Crippen molar-refractivity contribution < 1.29 is 13.9 Å². The third-order valence-electron chi connectivity index (χ3n) is 3.36. The molecule has 1 aromatic rings. The number of ether oxygens (including phenoxy) is 1. The van der Waals surface area contributed by atoms with Crippen LogP contribution in [0.3, 0.4) is 0 Å². The second kappa shape index (κ2) is 6.54. The Bertz CT molecular complexity index is 419. The van der Waals surface area contributed by atoms with Crippen LogP contribution in [-0.2, 0) is 11.3 Å². The lowest BCUT2D eigenvalue weighted by atomic mass is 9.96. The van der Waals surface area contributed by atoms with Gasteiger partial charge in [-0.3, -0.25) is 0 Å². The molecule has 0 saturated carbocycles. The Kier molecular flexibility index (Phi) is 5.01. The molecule has 1 aliphatic heterocycles. The van der Waals surface area contributed by atoms with Gasteiger partial charge < -0.3 is 9.64 Å². The molecule has 1 aromatic carbocycles. The van der Waals surface area contributed by atoms with E-state index in [1.807, 2.05) is 30.3 Å². The second-order valence-electron chi connectivity index (χ2n) is 4.81. The van der Waals surface area contributed by atoms with Gasteiger partial charge in [-0.25, -0.2) is 9.18 Å². The molecule has 1 amide bonds. The van der Waals surface area contributed by atoms with Crippen LogP contribution in [0.1, 0.15) is 18.4 Å². The van der Waals surface area contributed by atoms with Crippen LogP contribution < -0.4 is 0 Å². The molecule has 0 aliphatic carbocycles. The van der Waals surface area contributed by atoms with Gasteiger partial charge in [-0.1, -0.05) is 52.9 Å². The number of benzene rings is 1. The van der Waals surface area contributed by atoms with E-state index in [1.165, 1.54) is 0 Å². The summed E-state index contributed by atoms with van der Waals surface area (Å²) in [6, 6.07) is 9.54. The zero-order valence-corrected chi connectivity index (χ0v) is 12.8. The van der Waals surface area contributed by atoms with E-state index in [0.29, 0.717) is 30.4 Å². The summed E-state index contributed by atoms with van der Waals surface area (Å²) in [6.45, 7) is 1.14. The normalized spacial score (nSPS) is 18.1. The van der Waals surface area contributed by atoms with Crippen LogP contribution in [0.15, 0.2) is 30.3 Å². The van der Waals surface area contributed by atoms with E-state index in [4.69, 9.17) is 4.74 Å². The fraction of sp³-hybridized carbons (Fsp3) is 0.500. The van der Waals surface area contributed by atoms with Crippen molar-refractivity contribution in [3.8, 4) is 0 Å². The van der Waals surface area contributed by atoms with E-state index in [2.05, 4.69) is 22.6 Å². The smallest absolute Gasteiger partial charge is 0.410 e. The molecule has 0 N–H and O–H groups in total. The molecule has 0 spiro atoms. The van der Waals surface area contributed by atoms with Crippen LogP contribution in [0.2, 0.25) is 0 Å². The minimum Gasteiger partial charge on any atom is -0.445 e. The second-order valence-corrected chi connectivity index (χ2v) is 5.57. The summed E-state index contributed by atoms with van der Waals surface area (Å²) < 4.78 is 19.7. The van der Waals surface area contributed by atoms with Crippen LogP contribution >= 0.6 is 22.6 Å². The Hall–Kier alpha value is -0.850. The Morgan fingerprint density at radius 3 is 2.53 bits per heavy atom. The lowest BCUT2D eigenvalue weighted by Crippen LogP contribution is -2.45. The number of piperidine rings is 1. The monoisotopic (exact) mass is 377 g/mol. The Balaban J connectivity index is 1.79. The molecular formula is C14H17FINO2. The minimum atomic E-state index is -1.11. The third-order valence-corrected chi connectivity index (χ3v) is 4.73. The molecule has 5 heteroatoms. The van der Waals surface area contributed by atoms with Crippen LogP contribution in [-0.4, -0.2) is 34.2 Å². The van der Waals surface area contributed by atoms with Crippen molar-refractivity contribution in [1.29, 1.82) is 0 Å². The van der Waals surface area contributed by atoms with Gasteiger partial charge in [0.1, 0.15) is 12.3 Å². The average molecular weight is 377 g/mol. The van der Waals surface area contributed by atoms with Crippen LogP contribution in [0.4, 0.5) is 9.18 Å². The zero-order valence-electron chi connectivity index (χ0n) is 10.6. The minimum absolute atomic E-state index is 0.267. The number of halogens is 2. The predicted octanol–water partition coefficient (Wildman–Crippen LogP) is 3.56. The number of rotatable bonds is 3. The molecule has 1 saturated heterocycles. The molecule has 2 rings (SSSR count). The fourth-order valence-electron chi connectivity index (χ4n) is 2.03. The highest BCUT2D eigenvalue weighted by molar-refractivity contribution is 14.1. The largest absolute Gasteiger partial charge is 0.445 e. The van der Waals surface area contributed by atoms with Crippen molar-refractivity contribution >= 4 is 28.7 Å². The van der Waals surface area contributed by atoms with E-state index in [9.17, 15) is 9.18 Å². The van der Waals surface area contributed by atoms with Crippen LogP contribution in [0, 0.1) is 0 Å². The van der Waals surface area contributed by atoms with Gasteiger partial charge in [0.05, 0.1) is 0 Å². The summed E-state index contributed by atoms with van der Waals surface area (Å²) in [5.41, 5.74) is -0.156. The first-order valence-electron chi connectivity index (χ1n) is 6.33. The summed E-state index contributed by atoms with van der Waals surface area (Å²) in [5.74, 6) is 0. The molecular weight excluding hydrogens is 360 g/mol. The summed E-state index contributed by atoms with van der Waals surface area (Å²) in [5, 5.41) is 0. The first-order valence-corrected chi connectivity index (χ1v) is 7.86. The molecule has 0 unspecified atom stereocenters. The highest BCUT2D eigenvalue weighted by Gasteiger charge is 2.35. The molecule has 3 nitrogen and oxygen atoms in total. The summed E-state index contributed by atoms with van der Waals surface area (Å²) in [6.07, 6.45) is 0.451. The van der Waals surface area contributed by atoms with Gasteiger partial charge in [-0.05, 0) is 18.4 Å². The van der Waals surface area contributed by atoms with Crippen LogP contribution in [0.5, 0.6) is 0 Å². The molecule has 104 valence electrons. The molecule has 0 bridgehead atoms. The van der Waals surface area contributed by atoms with Gasteiger partial charge in [-0.15, -0.1) is 0 Å². The SMILES string of the molecule is O=C(OCc1ccccc1)N1CCC(F)(CI)CC1. The van der Waals surface area contributed by atoms with Gasteiger partial charge in [0.25, 0.3) is 0 Å². The summed E-state index contributed by atoms with van der Waals surface area (Å²) in [4.78, 5) is 13.4. The van der Waals surface area contributed by atoms with Crippen molar-refractivity contribution in [2.45, 2.75) is 25.1 Å². The molecule has 1 aliphatic rings. The topological polar surface area (TPSA) is 29.5 Å². The number of hydrogen-bond donors (Lipinski definition) is 0. The third kappa shape index (κ3) is 4.06. The zero-order chi connectivity index (χ0) is 13.7. The number of carbonyl (C=O) groups is 1. The first-order chi connectivity index (χ1) is 9.13. The maximum atomic E-state index is 14.0. The number of likely N-dealkylation sites (tertiary alicyclic amines) is 1. The number of amides is 1. The lowest BCUT2D eigenvalue weighted by molar-refractivity contribution is 0.0530. The van der Waals surface area contributed by atoms with Gasteiger partial charge in [-0.2, -0.15) is 0 Å². The molecule has 1 heterocycles. The number of carbonyl (C=O) groups excluding carboxylic acids is 1. The highest BCUT2D eigenvalue weighted by atomic mass is 127. The van der Waals surface area contributed by atoms with E-state index in [0.717, 1.165) is 5.56 Å². The Morgan fingerprint density at radius 1 is 1.32 bits per heavy atom. The molecule has 19 heavy (non-hydrogen) atoms. The Morgan fingerprint density at radius 2 is 1.95 bits per heavy atom. The lowest BCUT2D eigenvalue weighted by Gasteiger charge is -2.34.